The minimum Gasteiger partial charge on any atom is -0.368 e. The van der Waals surface area contributed by atoms with Gasteiger partial charge in [0, 0.05) is 31.9 Å². The molecule has 0 radical (unpaired) electrons. The molecule has 1 aliphatic carbocycles. The third kappa shape index (κ3) is 2.99. The number of hydrogen-bond donors (Lipinski definition) is 0. The third-order valence-corrected chi connectivity index (χ3v) is 5.55. The number of tetrazole rings is 1. The van der Waals surface area contributed by atoms with Crippen LogP contribution in [0, 0.1) is 0 Å². The van der Waals surface area contributed by atoms with Gasteiger partial charge in [-0.15, -0.1) is 5.10 Å². The van der Waals surface area contributed by atoms with Gasteiger partial charge in [-0.3, -0.25) is 4.79 Å². The number of piperazine rings is 1. The van der Waals surface area contributed by atoms with Gasteiger partial charge in [-0.1, -0.05) is 37.5 Å². The number of aromatic nitrogens is 4. The summed E-state index contributed by atoms with van der Waals surface area (Å²) in [5.41, 5.74) is 0.638. The van der Waals surface area contributed by atoms with E-state index in [0.717, 1.165) is 51.9 Å². The lowest BCUT2D eigenvalue weighted by Crippen LogP contribution is -2.57. The molecule has 1 saturated carbocycles. The molecule has 0 N–H and O–H groups in total. The Hall–Kier alpha value is -2.44. The second kappa shape index (κ2) is 6.82. The Bertz CT molecular complexity index is 688. The number of nitrogens with zero attached hydrogens (tertiary/aromatic N) is 6. The molecule has 25 heavy (non-hydrogen) atoms. The topological polar surface area (TPSA) is 67.2 Å². The van der Waals surface area contributed by atoms with Crippen LogP contribution in [-0.2, 0) is 10.3 Å². The van der Waals surface area contributed by atoms with Gasteiger partial charge in [0.2, 0.25) is 0 Å². The molecule has 1 saturated heterocycles. The molecule has 2 aromatic rings. The summed E-state index contributed by atoms with van der Waals surface area (Å²) in [4.78, 5) is 17.8. The zero-order valence-corrected chi connectivity index (χ0v) is 14.4. The van der Waals surface area contributed by atoms with E-state index in [1.165, 1.54) is 12.1 Å². The molecule has 1 aromatic heterocycles. The van der Waals surface area contributed by atoms with Gasteiger partial charge in [-0.05, 0) is 35.4 Å². The van der Waals surface area contributed by atoms with Crippen molar-refractivity contribution in [3.05, 3.63) is 36.7 Å². The van der Waals surface area contributed by atoms with Crippen LogP contribution < -0.4 is 4.90 Å². The Labute approximate surface area is 147 Å². The van der Waals surface area contributed by atoms with Crippen molar-refractivity contribution < 1.29 is 4.79 Å². The molecule has 2 heterocycles. The van der Waals surface area contributed by atoms with Crippen molar-refractivity contribution in [2.24, 2.45) is 0 Å². The Kier molecular flexibility index (Phi) is 4.38. The molecule has 1 aliphatic heterocycles. The summed E-state index contributed by atoms with van der Waals surface area (Å²) in [6.07, 6.45) is 6.54. The van der Waals surface area contributed by atoms with Gasteiger partial charge in [0.1, 0.15) is 11.9 Å². The normalized spacial score (nSPS) is 20.5. The van der Waals surface area contributed by atoms with Crippen LogP contribution in [0.25, 0.3) is 0 Å². The summed E-state index contributed by atoms with van der Waals surface area (Å²) in [5, 5.41) is 11.6. The van der Waals surface area contributed by atoms with Crippen LogP contribution in [0.2, 0.25) is 0 Å². The lowest BCUT2D eigenvalue weighted by molar-refractivity contribution is -0.144. The van der Waals surface area contributed by atoms with Crippen LogP contribution in [0.3, 0.4) is 0 Å². The summed E-state index contributed by atoms with van der Waals surface area (Å²) in [6.45, 7) is 3.22. The number of carbonyl (C=O) groups is 1. The number of amides is 1. The van der Waals surface area contributed by atoms with E-state index >= 15 is 0 Å². The maximum atomic E-state index is 13.4. The van der Waals surface area contributed by atoms with Crippen molar-refractivity contribution >= 4 is 11.6 Å². The zero-order chi connectivity index (χ0) is 17.1. The van der Waals surface area contributed by atoms with Gasteiger partial charge in [0.05, 0.1) is 0 Å². The second-order valence-corrected chi connectivity index (χ2v) is 6.96. The predicted molar refractivity (Wildman–Crippen MR) is 94.1 cm³/mol. The lowest BCUT2D eigenvalue weighted by Gasteiger charge is -2.42. The minimum absolute atomic E-state index is 0.187. The fourth-order valence-corrected chi connectivity index (χ4v) is 4.14. The molecule has 132 valence electrons. The molecule has 4 rings (SSSR count). The summed E-state index contributed by atoms with van der Waals surface area (Å²) in [7, 11) is 0. The molecule has 7 nitrogen and oxygen atoms in total. The van der Waals surface area contributed by atoms with Crippen LogP contribution in [0.1, 0.15) is 32.1 Å². The quantitative estimate of drug-likeness (QED) is 0.850. The van der Waals surface area contributed by atoms with Crippen LogP contribution in [0.4, 0.5) is 5.69 Å². The minimum atomic E-state index is -0.587. The van der Waals surface area contributed by atoms with Crippen LogP contribution in [0.5, 0.6) is 0 Å². The Morgan fingerprint density at radius 3 is 2.32 bits per heavy atom. The fourth-order valence-electron chi connectivity index (χ4n) is 4.14. The van der Waals surface area contributed by atoms with Crippen molar-refractivity contribution in [2.75, 3.05) is 31.1 Å². The Morgan fingerprint density at radius 2 is 1.68 bits per heavy atom. The van der Waals surface area contributed by atoms with Crippen LogP contribution in [0.15, 0.2) is 36.7 Å². The highest BCUT2D eigenvalue weighted by Crippen LogP contribution is 2.36. The maximum Gasteiger partial charge on any atom is 0.250 e. The molecule has 7 heteroatoms. The van der Waals surface area contributed by atoms with Gasteiger partial charge in [-0.25, -0.2) is 4.68 Å². The lowest BCUT2D eigenvalue weighted by atomic mass is 9.80. The van der Waals surface area contributed by atoms with Crippen LogP contribution >= 0.6 is 0 Å². The average Bonchev–Trinajstić information content (AvgIpc) is 3.24. The fraction of sp³-hybridized carbons (Fsp3) is 0.556. The second-order valence-electron chi connectivity index (χ2n) is 6.96. The van der Waals surface area contributed by atoms with Gasteiger partial charge in [0.15, 0.2) is 0 Å². The number of benzene rings is 1. The summed E-state index contributed by atoms with van der Waals surface area (Å²) >= 11 is 0. The smallest absolute Gasteiger partial charge is 0.250 e. The highest BCUT2D eigenvalue weighted by Gasteiger charge is 2.45. The standard InChI is InChI=1S/C18H24N6O/c25-17(18(9-5-2-6-10-18)24-15-19-20-21-24)23-13-11-22(12-14-23)16-7-3-1-4-8-16/h1,3-4,7-8,15H,2,5-6,9-14H2. The van der Waals surface area contributed by atoms with E-state index in [1.54, 1.807) is 11.0 Å². The molecular weight excluding hydrogens is 316 g/mol. The van der Waals surface area contributed by atoms with Crippen molar-refractivity contribution in [3.8, 4) is 0 Å². The number of anilines is 1. The van der Waals surface area contributed by atoms with Crippen molar-refractivity contribution in [2.45, 2.75) is 37.6 Å². The third-order valence-electron chi connectivity index (χ3n) is 5.55. The Morgan fingerprint density at radius 1 is 0.960 bits per heavy atom. The van der Waals surface area contributed by atoms with Gasteiger partial charge in [-0.2, -0.15) is 0 Å². The molecule has 2 aliphatic rings. The van der Waals surface area contributed by atoms with Gasteiger partial charge in [0.25, 0.3) is 5.91 Å². The van der Waals surface area contributed by atoms with Gasteiger partial charge < -0.3 is 9.80 Å². The van der Waals surface area contributed by atoms with E-state index in [0.29, 0.717) is 0 Å². The molecule has 0 bridgehead atoms. The molecule has 0 unspecified atom stereocenters. The molecule has 1 amide bonds. The molecule has 0 atom stereocenters. The van der Waals surface area contributed by atoms with Crippen LogP contribution in [-0.4, -0.2) is 57.2 Å². The number of carbonyl (C=O) groups excluding carboxylic acids is 1. The first kappa shape index (κ1) is 16.1. The molecule has 1 aromatic carbocycles. The van der Waals surface area contributed by atoms with Crippen molar-refractivity contribution in [1.29, 1.82) is 0 Å². The van der Waals surface area contributed by atoms with E-state index in [4.69, 9.17) is 0 Å². The largest absolute Gasteiger partial charge is 0.368 e. The Balaban J connectivity index is 1.49. The molecule has 2 fully saturated rings. The highest BCUT2D eigenvalue weighted by atomic mass is 16.2. The SMILES string of the molecule is O=C(N1CCN(c2ccccc2)CC1)C1(n2cnnn2)CCCCC1. The molecular formula is C18H24N6O. The summed E-state index contributed by atoms with van der Waals surface area (Å²) in [5.74, 6) is 0.187. The van der Waals surface area contributed by atoms with E-state index < -0.39 is 5.54 Å². The first-order valence-electron chi connectivity index (χ1n) is 9.12. The highest BCUT2D eigenvalue weighted by molar-refractivity contribution is 5.84. The first-order chi connectivity index (χ1) is 12.3. The number of para-hydroxylation sites is 1. The van der Waals surface area contributed by atoms with Gasteiger partial charge >= 0.3 is 0 Å². The van der Waals surface area contributed by atoms with E-state index in [-0.39, 0.29) is 5.91 Å². The number of hydrogen-bond acceptors (Lipinski definition) is 5. The number of rotatable bonds is 3. The average molecular weight is 340 g/mol. The van der Waals surface area contributed by atoms with E-state index in [1.807, 2.05) is 11.0 Å². The first-order valence-corrected chi connectivity index (χ1v) is 9.12. The molecule has 0 spiro atoms. The summed E-state index contributed by atoms with van der Waals surface area (Å²) in [6, 6.07) is 10.4. The monoisotopic (exact) mass is 340 g/mol. The van der Waals surface area contributed by atoms with Crippen molar-refractivity contribution in [3.63, 3.8) is 0 Å². The van der Waals surface area contributed by atoms with E-state index in [2.05, 4.69) is 44.7 Å². The predicted octanol–water partition coefficient (Wildman–Crippen LogP) is 1.68. The summed E-state index contributed by atoms with van der Waals surface area (Å²) < 4.78 is 1.71. The van der Waals surface area contributed by atoms with E-state index in [9.17, 15) is 4.79 Å². The maximum absolute atomic E-state index is 13.4. The van der Waals surface area contributed by atoms with Crippen molar-refractivity contribution in [1.82, 2.24) is 25.1 Å². The zero-order valence-electron chi connectivity index (χ0n) is 14.4.